The van der Waals surface area contributed by atoms with Gasteiger partial charge >= 0.3 is 0 Å². The van der Waals surface area contributed by atoms with E-state index < -0.39 is 0 Å². The molecule has 2 heterocycles. The Balaban J connectivity index is 1.46. The number of carbonyl (C=O) groups is 1. The lowest BCUT2D eigenvalue weighted by Crippen LogP contribution is -2.45. The fourth-order valence-corrected chi connectivity index (χ4v) is 4.72. The second-order valence-electron chi connectivity index (χ2n) is 8.52. The van der Waals surface area contributed by atoms with E-state index in [1.54, 1.807) is 18.2 Å². The smallest absolute Gasteiger partial charge is 0.246 e. The molecule has 0 spiro atoms. The second kappa shape index (κ2) is 10.6. The van der Waals surface area contributed by atoms with Gasteiger partial charge in [-0.25, -0.2) is 0 Å². The quantitative estimate of drug-likeness (QED) is 0.409. The van der Waals surface area contributed by atoms with Crippen LogP contribution in [0.3, 0.4) is 0 Å². The average Bonchev–Trinajstić information content (AvgIpc) is 3.27. The molecule has 1 aromatic heterocycles. The van der Waals surface area contributed by atoms with Crippen molar-refractivity contribution in [1.29, 1.82) is 0 Å². The Bertz CT molecular complexity index is 1100. The number of hydrogen-bond acceptors (Lipinski definition) is 5. The third-order valence-corrected chi connectivity index (χ3v) is 6.49. The molecule has 1 amide bonds. The van der Waals surface area contributed by atoms with Crippen molar-refractivity contribution in [2.24, 2.45) is 5.92 Å². The first-order valence-corrected chi connectivity index (χ1v) is 12.1. The van der Waals surface area contributed by atoms with Gasteiger partial charge in [0.05, 0.1) is 17.5 Å². The van der Waals surface area contributed by atoms with Gasteiger partial charge in [0.25, 0.3) is 0 Å². The lowest BCUT2D eigenvalue weighted by atomic mass is 9.95. The highest BCUT2D eigenvalue weighted by atomic mass is 35.5. The van der Waals surface area contributed by atoms with Gasteiger partial charge < -0.3 is 14.3 Å². The minimum absolute atomic E-state index is 0.0558. The number of piperidine rings is 1. The van der Waals surface area contributed by atoms with Crippen molar-refractivity contribution in [2.45, 2.75) is 39.7 Å². The number of carbonyl (C=O) groups excluding carboxylic acids is 1. The summed E-state index contributed by atoms with van der Waals surface area (Å²) < 4.78 is 5.46. The number of rotatable bonds is 7. The molecule has 1 fully saturated rings. The Kier molecular flexibility index (Phi) is 7.56. The summed E-state index contributed by atoms with van der Waals surface area (Å²) in [4.78, 5) is 22.1. The number of hydrogen-bond donors (Lipinski definition) is 0. The van der Waals surface area contributed by atoms with E-state index in [0.717, 1.165) is 32.4 Å². The number of benzene rings is 2. The van der Waals surface area contributed by atoms with Gasteiger partial charge in [0.15, 0.2) is 0 Å². The molecule has 3 aromatic rings. The summed E-state index contributed by atoms with van der Waals surface area (Å²) in [7, 11) is 0. The maximum absolute atomic E-state index is 13.5. The van der Waals surface area contributed by atoms with Gasteiger partial charge in [0.1, 0.15) is 0 Å². The maximum atomic E-state index is 13.5. The zero-order valence-corrected chi connectivity index (χ0v) is 20.4. The van der Waals surface area contributed by atoms with Crippen LogP contribution in [-0.4, -0.2) is 40.6 Å². The van der Waals surface area contributed by atoms with E-state index in [9.17, 15) is 4.79 Å². The summed E-state index contributed by atoms with van der Waals surface area (Å²) in [5.41, 5.74) is 3.04. The van der Waals surface area contributed by atoms with E-state index in [1.807, 2.05) is 4.90 Å². The van der Waals surface area contributed by atoms with E-state index in [2.05, 4.69) is 53.2 Å². The molecule has 0 unspecified atom stereocenters. The van der Waals surface area contributed by atoms with Crippen LogP contribution in [0.5, 0.6) is 0 Å². The van der Waals surface area contributed by atoms with Crippen LogP contribution in [0.15, 0.2) is 47.0 Å². The van der Waals surface area contributed by atoms with Crippen molar-refractivity contribution in [3.63, 3.8) is 0 Å². The topological polar surface area (TPSA) is 62.5 Å². The number of aromatic nitrogens is 2. The van der Waals surface area contributed by atoms with Crippen LogP contribution in [-0.2, 0) is 11.3 Å². The van der Waals surface area contributed by atoms with Crippen molar-refractivity contribution in [3.05, 3.63) is 64.0 Å². The lowest BCUT2D eigenvalue weighted by molar-refractivity contribution is -0.136. The molecule has 1 saturated heterocycles. The van der Waals surface area contributed by atoms with Gasteiger partial charge in [-0.3, -0.25) is 4.79 Å². The highest BCUT2D eigenvalue weighted by Crippen LogP contribution is 2.29. The summed E-state index contributed by atoms with van der Waals surface area (Å²) >= 11 is 12.3. The molecule has 1 atom stereocenters. The van der Waals surface area contributed by atoms with Crippen LogP contribution in [0.2, 0.25) is 10.0 Å². The van der Waals surface area contributed by atoms with Crippen LogP contribution in [0.25, 0.3) is 11.4 Å². The molecule has 0 bridgehead atoms. The summed E-state index contributed by atoms with van der Waals surface area (Å²) in [6.07, 6.45) is 2.73. The van der Waals surface area contributed by atoms with Gasteiger partial charge in [-0.05, 0) is 56.5 Å². The molecule has 1 aliphatic rings. The second-order valence-corrected chi connectivity index (χ2v) is 9.36. The SMILES string of the molecule is CCCN(Cc1nc(-c2ccc(Cl)cc2Cl)no1)C(=O)[C@@H]1CCCN(c2ccc(C)cc2)C1. The normalized spacial score (nSPS) is 16.1. The molecule has 0 radical (unpaired) electrons. The first-order chi connectivity index (χ1) is 15.9. The van der Waals surface area contributed by atoms with Crippen molar-refractivity contribution >= 4 is 34.8 Å². The van der Waals surface area contributed by atoms with Crippen molar-refractivity contribution in [1.82, 2.24) is 15.0 Å². The number of nitrogens with zero attached hydrogens (tertiary/aromatic N) is 4. The zero-order chi connectivity index (χ0) is 23.4. The predicted molar refractivity (Wildman–Crippen MR) is 132 cm³/mol. The van der Waals surface area contributed by atoms with E-state index in [0.29, 0.717) is 33.9 Å². The summed E-state index contributed by atoms with van der Waals surface area (Å²) in [5, 5.41) is 5.06. The Morgan fingerprint density at radius 3 is 2.73 bits per heavy atom. The monoisotopic (exact) mass is 486 g/mol. The number of amides is 1. The van der Waals surface area contributed by atoms with Gasteiger partial charge in [-0.15, -0.1) is 0 Å². The molecule has 4 rings (SSSR count). The molecular formula is C25H28Cl2N4O2. The number of aryl methyl sites for hydroxylation is 1. The zero-order valence-electron chi connectivity index (χ0n) is 18.9. The first-order valence-electron chi connectivity index (χ1n) is 11.3. The maximum Gasteiger partial charge on any atom is 0.246 e. The Morgan fingerprint density at radius 1 is 1.21 bits per heavy atom. The highest BCUT2D eigenvalue weighted by molar-refractivity contribution is 6.36. The molecule has 1 aliphatic heterocycles. The Labute approximate surface area is 204 Å². The fraction of sp³-hybridized carbons (Fsp3) is 0.400. The number of halogens is 2. The fourth-order valence-electron chi connectivity index (χ4n) is 4.23. The first kappa shape index (κ1) is 23.6. The van der Waals surface area contributed by atoms with Gasteiger partial charge in [0, 0.05) is 35.9 Å². The van der Waals surface area contributed by atoms with Gasteiger partial charge in [-0.1, -0.05) is 53.0 Å². The van der Waals surface area contributed by atoms with E-state index in [4.69, 9.17) is 27.7 Å². The molecule has 0 aliphatic carbocycles. The van der Waals surface area contributed by atoms with Crippen LogP contribution in [0.1, 0.15) is 37.6 Å². The molecule has 0 saturated carbocycles. The van der Waals surface area contributed by atoms with Gasteiger partial charge in [-0.2, -0.15) is 4.98 Å². The molecule has 33 heavy (non-hydrogen) atoms. The number of anilines is 1. The third-order valence-electron chi connectivity index (χ3n) is 5.94. The van der Waals surface area contributed by atoms with E-state index >= 15 is 0 Å². The van der Waals surface area contributed by atoms with E-state index in [-0.39, 0.29) is 18.4 Å². The molecule has 174 valence electrons. The van der Waals surface area contributed by atoms with Gasteiger partial charge in [0.2, 0.25) is 17.6 Å². The Hall–Kier alpha value is -2.57. The lowest BCUT2D eigenvalue weighted by Gasteiger charge is -2.36. The standard InChI is InChI=1S/C25H28Cl2N4O2/c1-3-12-31(16-23-28-24(29-33-23)21-11-8-19(26)14-22(21)27)25(32)18-5-4-13-30(15-18)20-9-6-17(2)7-10-20/h6-11,14,18H,3-5,12-13,15-16H2,1-2H3/t18-/m1/s1. The van der Waals surface area contributed by atoms with Crippen molar-refractivity contribution in [2.75, 3.05) is 24.5 Å². The third kappa shape index (κ3) is 5.68. The molecule has 2 aromatic carbocycles. The van der Waals surface area contributed by atoms with Crippen LogP contribution >= 0.6 is 23.2 Å². The summed E-state index contributed by atoms with van der Waals surface area (Å²) in [5.74, 6) is 0.862. The minimum Gasteiger partial charge on any atom is -0.371 e. The largest absolute Gasteiger partial charge is 0.371 e. The minimum atomic E-state index is -0.0558. The van der Waals surface area contributed by atoms with Crippen LogP contribution in [0.4, 0.5) is 5.69 Å². The average molecular weight is 487 g/mol. The summed E-state index contributed by atoms with van der Waals surface area (Å²) in [6, 6.07) is 13.6. The van der Waals surface area contributed by atoms with Crippen molar-refractivity contribution in [3.8, 4) is 11.4 Å². The Morgan fingerprint density at radius 2 is 2.00 bits per heavy atom. The molecule has 8 heteroatoms. The summed E-state index contributed by atoms with van der Waals surface area (Å²) in [6.45, 7) is 6.75. The van der Waals surface area contributed by atoms with E-state index in [1.165, 1.54) is 11.3 Å². The molecule has 0 N–H and O–H groups in total. The van der Waals surface area contributed by atoms with Crippen LogP contribution in [0, 0.1) is 12.8 Å². The molecule has 6 nitrogen and oxygen atoms in total. The molecular weight excluding hydrogens is 459 g/mol. The van der Waals surface area contributed by atoms with Crippen molar-refractivity contribution < 1.29 is 9.32 Å². The predicted octanol–water partition coefficient (Wildman–Crippen LogP) is 6.01. The highest BCUT2D eigenvalue weighted by Gasteiger charge is 2.30. The van der Waals surface area contributed by atoms with Crippen LogP contribution < -0.4 is 4.90 Å².